The van der Waals surface area contributed by atoms with Gasteiger partial charge in [-0.15, -0.1) is 0 Å². The summed E-state index contributed by atoms with van der Waals surface area (Å²) in [4.78, 5) is 11.6. The van der Waals surface area contributed by atoms with E-state index in [1.54, 1.807) is 6.07 Å². The summed E-state index contributed by atoms with van der Waals surface area (Å²) in [6, 6.07) is 7.42. The molecule has 0 saturated carbocycles. The summed E-state index contributed by atoms with van der Waals surface area (Å²) in [5.74, 6) is -0.0150. The second-order valence-electron chi connectivity index (χ2n) is 3.51. The van der Waals surface area contributed by atoms with E-state index in [2.05, 4.69) is 12.2 Å². The molecule has 0 atom stereocenters. The highest BCUT2D eigenvalue weighted by molar-refractivity contribution is 5.94. The highest BCUT2D eigenvalue weighted by Crippen LogP contribution is 2.04. The first kappa shape index (κ1) is 11.7. The van der Waals surface area contributed by atoms with Gasteiger partial charge in [-0.3, -0.25) is 4.79 Å². The van der Waals surface area contributed by atoms with Crippen molar-refractivity contribution in [2.75, 3.05) is 6.54 Å². The van der Waals surface area contributed by atoms with Gasteiger partial charge in [-0.2, -0.15) is 0 Å². The van der Waals surface area contributed by atoms with Crippen LogP contribution in [0.15, 0.2) is 24.3 Å². The van der Waals surface area contributed by atoms with Crippen molar-refractivity contribution >= 4 is 5.91 Å². The molecule has 1 aromatic carbocycles. The maximum Gasteiger partial charge on any atom is 0.251 e. The minimum Gasteiger partial charge on any atom is -0.352 e. The van der Waals surface area contributed by atoms with Crippen LogP contribution in [-0.2, 0) is 6.54 Å². The molecule has 3 nitrogen and oxygen atoms in total. The maximum atomic E-state index is 11.6. The molecule has 0 aromatic heterocycles. The van der Waals surface area contributed by atoms with E-state index >= 15 is 0 Å². The van der Waals surface area contributed by atoms with Gasteiger partial charge in [0.25, 0.3) is 5.91 Å². The quantitative estimate of drug-likeness (QED) is 0.720. The third kappa shape index (κ3) is 3.72. The Morgan fingerprint density at radius 2 is 2.27 bits per heavy atom. The summed E-state index contributed by atoms with van der Waals surface area (Å²) in [5, 5.41) is 2.87. The first-order valence-electron chi connectivity index (χ1n) is 5.35. The fraction of sp³-hybridized carbons (Fsp3) is 0.417. The molecule has 15 heavy (non-hydrogen) atoms. The fourth-order valence-corrected chi connectivity index (χ4v) is 1.32. The van der Waals surface area contributed by atoms with Crippen molar-refractivity contribution in [3.63, 3.8) is 0 Å². The largest absolute Gasteiger partial charge is 0.352 e. The number of rotatable bonds is 5. The summed E-state index contributed by atoms with van der Waals surface area (Å²) in [6.45, 7) is 3.31. The van der Waals surface area contributed by atoms with E-state index in [1.807, 2.05) is 18.2 Å². The molecule has 0 aliphatic heterocycles. The van der Waals surface area contributed by atoms with Gasteiger partial charge in [-0.05, 0) is 24.1 Å². The molecule has 0 aliphatic carbocycles. The molecule has 0 radical (unpaired) electrons. The van der Waals surface area contributed by atoms with E-state index < -0.39 is 0 Å². The first-order chi connectivity index (χ1) is 7.27. The summed E-state index contributed by atoms with van der Waals surface area (Å²) < 4.78 is 0. The zero-order chi connectivity index (χ0) is 11.1. The van der Waals surface area contributed by atoms with Crippen LogP contribution in [0.5, 0.6) is 0 Å². The molecule has 0 heterocycles. The molecule has 1 amide bonds. The van der Waals surface area contributed by atoms with Crippen LogP contribution in [-0.4, -0.2) is 12.5 Å². The number of benzene rings is 1. The van der Waals surface area contributed by atoms with Gasteiger partial charge in [-0.25, -0.2) is 0 Å². The van der Waals surface area contributed by atoms with Gasteiger partial charge >= 0.3 is 0 Å². The molecule has 0 aliphatic rings. The number of amides is 1. The molecule has 0 saturated heterocycles. The Morgan fingerprint density at radius 1 is 1.47 bits per heavy atom. The van der Waals surface area contributed by atoms with Crippen molar-refractivity contribution in [3.05, 3.63) is 35.4 Å². The molecule has 3 heteroatoms. The summed E-state index contributed by atoms with van der Waals surface area (Å²) in [7, 11) is 0. The SMILES string of the molecule is CCCCNC(=O)c1cccc(CN)c1. The predicted octanol–water partition coefficient (Wildman–Crippen LogP) is 1.68. The number of hydrogen-bond donors (Lipinski definition) is 2. The second-order valence-corrected chi connectivity index (χ2v) is 3.51. The second kappa shape index (κ2) is 6.19. The zero-order valence-electron chi connectivity index (χ0n) is 9.12. The Morgan fingerprint density at radius 3 is 2.93 bits per heavy atom. The Labute approximate surface area is 90.7 Å². The average Bonchev–Trinajstić information content (AvgIpc) is 2.29. The lowest BCUT2D eigenvalue weighted by Gasteiger charge is -2.05. The minimum absolute atomic E-state index is 0.0150. The van der Waals surface area contributed by atoms with Crippen LogP contribution < -0.4 is 11.1 Å². The molecule has 3 N–H and O–H groups in total. The molecule has 82 valence electrons. The highest BCUT2D eigenvalue weighted by atomic mass is 16.1. The number of hydrogen-bond acceptors (Lipinski definition) is 2. The zero-order valence-corrected chi connectivity index (χ0v) is 9.12. The Kier molecular flexibility index (Phi) is 4.84. The molecular formula is C12H18N2O. The predicted molar refractivity (Wildman–Crippen MR) is 61.6 cm³/mol. The van der Waals surface area contributed by atoms with Crippen molar-refractivity contribution in [3.8, 4) is 0 Å². The lowest BCUT2D eigenvalue weighted by Crippen LogP contribution is -2.24. The van der Waals surface area contributed by atoms with E-state index in [4.69, 9.17) is 5.73 Å². The molecule has 1 rings (SSSR count). The van der Waals surface area contributed by atoms with E-state index in [1.165, 1.54) is 0 Å². The average molecular weight is 206 g/mol. The van der Waals surface area contributed by atoms with Crippen molar-refractivity contribution in [1.82, 2.24) is 5.32 Å². The van der Waals surface area contributed by atoms with Crippen LogP contribution in [0.1, 0.15) is 35.7 Å². The smallest absolute Gasteiger partial charge is 0.251 e. The third-order valence-corrected chi connectivity index (χ3v) is 2.24. The Bertz CT molecular complexity index is 323. The first-order valence-corrected chi connectivity index (χ1v) is 5.35. The number of nitrogens with one attached hydrogen (secondary N) is 1. The molecular weight excluding hydrogens is 188 g/mol. The molecule has 0 fully saturated rings. The number of carbonyl (C=O) groups is 1. The third-order valence-electron chi connectivity index (χ3n) is 2.24. The molecule has 0 spiro atoms. The van der Waals surface area contributed by atoms with Crippen LogP contribution >= 0.6 is 0 Å². The van der Waals surface area contributed by atoms with Crippen molar-refractivity contribution in [2.45, 2.75) is 26.3 Å². The van der Waals surface area contributed by atoms with Gasteiger partial charge in [0, 0.05) is 18.7 Å². The Hall–Kier alpha value is -1.35. The lowest BCUT2D eigenvalue weighted by molar-refractivity contribution is 0.0953. The monoisotopic (exact) mass is 206 g/mol. The standard InChI is InChI=1S/C12H18N2O/c1-2-3-7-14-12(15)11-6-4-5-10(8-11)9-13/h4-6,8H,2-3,7,9,13H2,1H3,(H,14,15). The summed E-state index contributed by atoms with van der Waals surface area (Å²) in [6.07, 6.45) is 2.10. The van der Waals surface area contributed by atoms with E-state index in [-0.39, 0.29) is 5.91 Å². The van der Waals surface area contributed by atoms with E-state index in [9.17, 15) is 4.79 Å². The van der Waals surface area contributed by atoms with Crippen LogP contribution in [0.3, 0.4) is 0 Å². The normalized spacial score (nSPS) is 10.0. The number of unbranched alkanes of at least 4 members (excludes halogenated alkanes) is 1. The minimum atomic E-state index is -0.0150. The van der Waals surface area contributed by atoms with Crippen molar-refractivity contribution in [1.29, 1.82) is 0 Å². The van der Waals surface area contributed by atoms with Crippen molar-refractivity contribution in [2.24, 2.45) is 5.73 Å². The summed E-state index contributed by atoms with van der Waals surface area (Å²) >= 11 is 0. The van der Waals surface area contributed by atoms with Gasteiger partial charge in [0.05, 0.1) is 0 Å². The van der Waals surface area contributed by atoms with Crippen LogP contribution in [0.25, 0.3) is 0 Å². The summed E-state index contributed by atoms with van der Waals surface area (Å²) in [5.41, 5.74) is 7.18. The van der Waals surface area contributed by atoms with Gasteiger partial charge in [0.1, 0.15) is 0 Å². The molecule has 0 unspecified atom stereocenters. The Balaban J connectivity index is 2.57. The van der Waals surface area contributed by atoms with Crippen LogP contribution in [0.4, 0.5) is 0 Å². The van der Waals surface area contributed by atoms with Crippen molar-refractivity contribution < 1.29 is 4.79 Å². The number of nitrogens with two attached hydrogens (primary N) is 1. The molecule has 1 aromatic rings. The van der Waals surface area contributed by atoms with Crippen LogP contribution in [0.2, 0.25) is 0 Å². The lowest BCUT2D eigenvalue weighted by atomic mass is 10.1. The van der Waals surface area contributed by atoms with Crippen LogP contribution in [0, 0.1) is 0 Å². The maximum absolute atomic E-state index is 11.6. The van der Waals surface area contributed by atoms with Gasteiger partial charge in [-0.1, -0.05) is 25.5 Å². The van der Waals surface area contributed by atoms with Gasteiger partial charge < -0.3 is 11.1 Å². The van der Waals surface area contributed by atoms with Gasteiger partial charge in [0.15, 0.2) is 0 Å². The van der Waals surface area contributed by atoms with E-state index in [0.29, 0.717) is 12.1 Å². The van der Waals surface area contributed by atoms with Gasteiger partial charge in [0.2, 0.25) is 0 Å². The molecule has 0 bridgehead atoms. The topological polar surface area (TPSA) is 55.1 Å². The highest BCUT2D eigenvalue weighted by Gasteiger charge is 2.04. The number of carbonyl (C=O) groups excluding carboxylic acids is 1. The van der Waals surface area contributed by atoms with E-state index in [0.717, 1.165) is 24.9 Å². The fourth-order valence-electron chi connectivity index (χ4n) is 1.32.